The smallest absolute Gasteiger partial charge is 0.359 e. The fourth-order valence-corrected chi connectivity index (χ4v) is 3.35. The summed E-state index contributed by atoms with van der Waals surface area (Å²) in [6.07, 6.45) is 0.783. The molecule has 0 spiro atoms. The Morgan fingerprint density at radius 1 is 1.38 bits per heavy atom. The van der Waals surface area contributed by atoms with Crippen LogP contribution in [0.3, 0.4) is 0 Å². The Hall–Kier alpha value is -2.38. The van der Waals surface area contributed by atoms with Crippen LogP contribution in [0.5, 0.6) is 5.75 Å². The third kappa shape index (κ3) is 3.89. The monoisotopic (exact) mass is 359 g/mol. The number of methoxy groups -OCH3 is 1. The Labute approximate surface area is 153 Å². The maximum atomic E-state index is 12.3. The number of hydrogen-bond donors (Lipinski definition) is 1. The molecule has 0 saturated carbocycles. The highest BCUT2D eigenvalue weighted by molar-refractivity contribution is 5.89. The first kappa shape index (κ1) is 18.4. The molecule has 1 N–H and O–H groups in total. The van der Waals surface area contributed by atoms with Gasteiger partial charge in [-0.2, -0.15) is 5.10 Å². The number of hydrogen-bond acceptors (Lipinski definition) is 6. The van der Waals surface area contributed by atoms with Gasteiger partial charge in [-0.25, -0.2) is 4.79 Å². The standard InChI is InChI=1S/C19H25N3O4/c1-3-26-19(24)18-16-13-21(8-7-17(16)22(20-18)9-10-23)12-14-5-4-6-15(11-14)25-2/h4-6,11,23H,3,7-10,12-13H2,1-2H3. The summed E-state index contributed by atoms with van der Waals surface area (Å²) in [5, 5.41) is 13.7. The third-order valence-corrected chi connectivity index (χ3v) is 4.53. The summed E-state index contributed by atoms with van der Waals surface area (Å²) in [4.78, 5) is 14.6. The highest BCUT2D eigenvalue weighted by Crippen LogP contribution is 2.25. The second-order valence-corrected chi connectivity index (χ2v) is 6.25. The van der Waals surface area contributed by atoms with E-state index in [0.717, 1.165) is 42.1 Å². The second-order valence-electron chi connectivity index (χ2n) is 6.25. The molecule has 7 heteroatoms. The fourth-order valence-electron chi connectivity index (χ4n) is 3.35. The Morgan fingerprint density at radius 2 is 2.23 bits per heavy atom. The van der Waals surface area contributed by atoms with Crippen LogP contribution in [-0.4, -0.2) is 52.6 Å². The van der Waals surface area contributed by atoms with Crippen LogP contribution in [0.15, 0.2) is 24.3 Å². The molecule has 1 aliphatic rings. The number of carbonyl (C=O) groups is 1. The zero-order valence-electron chi connectivity index (χ0n) is 15.3. The summed E-state index contributed by atoms with van der Waals surface area (Å²) in [7, 11) is 1.66. The van der Waals surface area contributed by atoms with Gasteiger partial charge >= 0.3 is 5.97 Å². The van der Waals surface area contributed by atoms with Gasteiger partial charge in [0.25, 0.3) is 0 Å². The number of esters is 1. The van der Waals surface area contributed by atoms with Crippen molar-refractivity contribution in [1.29, 1.82) is 0 Å². The zero-order valence-corrected chi connectivity index (χ0v) is 15.3. The maximum Gasteiger partial charge on any atom is 0.359 e. The topological polar surface area (TPSA) is 76.8 Å². The van der Waals surface area contributed by atoms with Crippen molar-refractivity contribution >= 4 is 5.97 Å². The van der Waals surface area contributed by atoms with Crippen LogP contribution in [-0.2, 0) is 30.8 Å². The molecular weight excluding hydrogens is 334 g/mol. The van der Waals surface area contributed by atoms with E-state index in [1.807, 2.05) is 18.2 Å². The molecule has 0 atom stereocenters. The van der Waals surface area contributed by atoms with Gasteiger partial charge in [-0.3, -0.25) is 9.58 Å². The predicted molar refractivity (Wildman–Crippen MR) is 96.1 cm³/mol. The quantitative estimate of drug-likeness (QED) is 0.757. The van der Waals surface area contributed by atoms with Gasteiger partial charge in [0.1, 0.15) is 5.75 Å². The van der Waals surface area contributed by atoms with E-state index < -0.39 is 5.97 Å². The van der Waals surface area contributed by atoms with Crippen LogP contribution in [0, 0.1) is 0 Å². The van der Waals surface area contributed by atoms with E-state index in [0.29, 0.717) is 25.4 Å². The normalized spacial score (nSPS) is 14.1. The van der Waals surface area contributed by atoms with Crippen molar-refractivity contribution < 1.29 is 19.4 Å². The largest absolute Gasteiger partial charge is 0.497 e. The van der Waals surface area contributed by atoms with Crippen molar-refractivity contribution in [2.45, 2.75) is 33.0 Å². The molecule has 0 unspecified atom stereocenters. The summed E-state index contributed by atoms with van der Waals surface area (Å²) in [5.74, 6) is 0.437. The zero-order chi connectivity index (χ0) is 18.5. The molecule has 0 radical (unpaired) electrons. The molecule has 1 aliphatic heterocycles. The number of rotatable bonds is 7. The second kappa shape index (κ2) is 8.33. The van der Waals surface area contributed by atoms with Crippen LogP contribution < -0.4 is 4.74 Å². The molecule has 26 heavy (non-hydrogen) atoms. The number of nitrogens with zero attached hydrogens (tertiary/aromatic N) is 3. The van der Waals surface area contributed by atoms with Gasteiger partial charge in [-0.15, -0.1) is 0 Å². The van der Waals surface area contributed by atoms with Gasteiger partial charge in [0.2, 0.25) is 0 Å². The van der Waals surface area contributed by atoms with Crippen molar-refractivity contribution in [2.75, 3.05) is 26.9 Å². The number of benzene rings is 1. The van der Waals surface area contributed by atoms with E-state index in [1.54, 1.807) is 18.7 Å². The maximum absolute atomic E-state index is 12.3. The van der Waals surface area contributed by atoms with Crippen molar-refractivity contribution in [3.63, 3.8) is 0 Å². The molecule has 3 rings (SSSR count). The lowest BCUT2D eigenvalue weighted by Gasteiger charge is -2.27. The van der Waals surface area contributed by atoms with Gasteiger partial charge in [-0.05, 0) is 24.6 Å². The average molecular weight is 359 g/mol. The molecule has 0 amide bonds. The molecule has 0 saturated heterocycles. The lowest BCUT2D eigenvalue weighted by Crippen LogP contribution is -2.31. The Kier molecular flexibility index (Phi) is 5.90. The Bertz CT molecular complexity index is 772. The van der Waals surface area contributed by atoms with Crippen molar-refractivity contribution in [2.24, 2.45) is 0 Å². The van der Waals surface area contributed by atoms with E-state index in [4.69, 9.17) is 9.47 Å². The van der Waals surface area contributed by atoms with Gasteiger partial charge in [0.05, 0.1) is 26.9 Å². The molecule has 1 aromatic heterocycles. The van der Waals surface area contributed by atoms with Gasteiger partial charge in [-0.1, -0.05) is 12.1 Å². The summed E-state index contributed by atoms with van der Waals surface area (Å²) < 4.78 is 12.2. The SMILES string of the molecule is CCOC(=O)c1nn(CCO)c2c1CN(Cc1cccc(OC)c1)CC2. The number of aliphatic hydroxyl groups excluding tert-OH is 1. The van der Waals surface area contributed by atoms with Gasteiger partial charge in [0, 0.05) is 37.3 Å². The molecule has 2 heterocycles. The molecule has 1 aromatic carbocycles. The lowest BCUT2D eigenvalue weighted by molar-refractivity contribution is 0.0515. The van der Waals surface area contributed by atoms with E-state index in [9.17, 15) is 9.90 Å². The van der Waals surface area contributed by atoms with E-state index >= 15 is 0 Å². The van der Waals surface area contributed by atoms with Crippen LogP contribution in [0.25, 0.3) is 0 Å². The molecule has 0 bridgehead atoms. The fraction of sp³-hybridized carbons (Fsp3) is 0.474. The molecule has 2 aromatic rings. The first-order valence-corrected chi connectivity index (χ1v) is 8.88. The summed E-state index contributed by atoms with van der Waals surface area (Å²) in [5.41, 5.74) is 3.45. The van der Waals surface area contributed by atoms with Crippen LogP contribution in [0.4, 0.5) is 0 Å². The third-order valence-electron chi connectivity index (χ3n) is 4.53. The number of fused-ring (bicyclic) bond motifs is 1. The van der Waals surface area contributed by atoms with Crippen LogP contribution >= 0.6 is 0 Å². The summed E-state index contributed by atoms with van der Waals surface area (Å²) >= 11 is 0. The number of aliphatic hydroxyl groups is 1. The Morgan fingerprint density at radius 3 is 2.96 bits per heavy atom. The van der Waals surface area contributed by atoms with Crippen molar-refractivity contribution in [3.05, 3.63) is 46.8 Å². The van der Waals surface area contributed by atoms with Crippen LogP contribution in [0.2, 0.25) is 0 Å². The van der Waals surface area contributed by atoms with Gasteiger partial charge in [0.15, 0.2) is 5.69 Å². The number of aromatic nitrogens is 2. The van der Waals surface area contributed by atoms with Crippen molar-refractivity contribution in [1.82, 2.24) is 14.7 Å². The van der Waals surface area contributed by atoms with E-state index in [2.05, 4.69) is 16.1 Å². The lowest BCUT2D eigenvalue weighted by atomic mass is 10.0. The number of carbonyl (C=O) groups excluding carboxylic acids is 1. The Balaban J connectivity index is 1.82. The summed E-state index contributed by atoms with van der Waals surface area (Å²) in [6.45, 7) is 4.74. The highest BCUT2D eigenvalue weighted by Gasteiger charge is 2.28. The molecule has 0 fully saturated rings. The van der Waals surface area contributed by atoms with E-state index in [-0.39, 0.29) is 6.61 Å². The van der Waals surface area contributed by atoms with Crippen molar-refractivity contribution in [3.8, 4) is 5.75 Å². The average Bonchev–Trinajstić information content (AvgIpc) is 3.00. The first-order chi connectivity index (χ1) is 12.7. The molecule has 140 valence electrons. The predicted octanol–water partition coefficient (Wildman–Crippen LogP) is 1.62. The molecule has 7 nitrogen and oxygen atoms in total. The van der Waals surface area contributed by atoms with Gasteiger partial charge < -0.3 is 14.6 Å². The molecule has 0 aliphatic carbocycles. The van der Waals surface area contributed by atoms with E-state index in [1.165, 1.54) is 0 Å². The molecular formula is C19H25N3O4. The number of ether oxygens (including phenoxy) is 2. The highest BCUT2D eigenvalue weighted by atomic mass is 16.5. The minimum Gasteiger partial charge on any atom is -0.497 e. The summed E-state index contributed by atoms with van der Waals surface area (Å²) in [6, 6.07) is 8.00. The first-order valence-electron chi connectivity index (χ1n) is 8.88. The van der Waals surface area contributed by atoms with Crippen LogP contribution in [0.1, 0.15) is 34.2 Å². The minimum atomic E-state index is -0.399. The minimum absolute atomic E-state index is 0.0100.